The van der Waals surface area contributed by atoms with Crippen molar-refractivity contribution in [2.75, 3.05) is 19.0 Å². The van der Waals surface area contributed by atoms with Crippen LogP contribution in [0.4, 0.5) is 5.69 Å². The van der Waals surface area contributed by atoms with Crippen molar-refractivity contribution in [1.82, 2.24) is 0 Å². The van der Waals surface area contributed by atoms with E-state index in [1.165, 1.54) is 6.08 Å². The summed E-state index contributed by atoms with van der Waals surface area (Å²) in [4.78, 5) is 23.2. The number of methoxy groups -OCH3 is 1. The first kappa shape index (κ1) is 18.5. The van der Waals surface area contributed by atoms with Crippen molar-refractivity contribution >= 4 is 23.6 Å². The van der Waals surface area contributed by atoms with E-state index in [4.69, 9.17) is 15.2 Å². The second kappa shape index (κ2) is 8.89. The zero-order valence-electron chi connectivity index (χ0n) is 14.1. The van der Waals surface area contributed by atoms with E-state index in [1.54, 1.807) is 55.6 Å². The van der Waals surface area contributed by atoms with Gasteiger partial charge in [-0.1, -0.05) is 18.2 Å². The number of carbonyl (C=O) groups is 2. The monoisotopic (exact) mass is 351 g/mol. The number of ether oxygens (including phenoxy) is 2. The first-order valence-corrected chi connectivity index (χ1v) is 7.61. The molecule has 0 aliphatic heterocycles. The Kier molecular flexibility index (Phi) is 6.34. The number of para-hydroxylation sites is 1. The minimum absolute atomic E-state index is 0.115. The molecule has 7 heteroatoms. The highest BCUT2D eigenvalue weighted by molar-refractivity contribution is 6.09. The van der Waals surface area contributed by atoms with Gasteiger partial charge >= 0.3 is 0 Å². The number of hydrogen-bond donors (Lipinski definition) is 2. The number of hydrogen-bond acceptors (Lipinski definition) is 5. The number of nitrogens with two attached hydrogens (primary N) is 1. The highest BCUT2D eigenvalue weighted by Gasteiger charge is 2.11. The Bertz CT molecular complexity index is 867. The van der Waals surface area contributed by atoms with E-state index in [1.807, 2.05) is 6.07 Å². The van der Waals surface area contributed by atoms with E-state index < -0.39 is 11.8 Å². The molecule has 0 fully saturated rings. The van der Waals surface area contributed by atoms with E-state index in [0.717, 1.165) is 0 Å². The minimum Gasteiger partial charge on any atom is -0.497 e. The van der Waals surface area contributed by atoms with Crippen LogP contribution in [0.5, 0.6) is 11.5 Å². The van der Waals surface area contributed by atoms with E-state index in [-0.39, 0.29) is 12.2 Å². The number of nitriles is 1. The third kappa shape index (κ3) is 5.11. The third-order valence-electron chi connectivity index (χ3n) is 3.30. The molecule has 26 heavy (non-hydrogen) atoms. The van der Waals surface area contributed by atoms with Crippen LogP contribution in [0.25, 0.3) is 6.08 Å². The van der Waals surface area contributed by atoms with Crippen LogP contribution in [-0.2, 0) is 9.59 Å². The number of benzene rings is 2. The summed E-state index contributed by atoms with van der Waals surface area (Å²) in [7, 11) is 1.54. The van der Waals surface area contributed by atoms with Gasteiger partial charge in [-0.3, -0.25) is 9.59 Å². The summed E-state index contributed by atoms with van der Waals surface area (Å²) in [5, 5.41) is 11.9. The van der Waals surface area contributed by atoms with E-state index in [9.17, 15) is 14.9 Å². The lowest BCUT2D eigenvalue weighted by Gasteiger charge is -2.08. The summed E-state index contributed by atoms with van der Waals surface area (Å²) in [6.45, 7) is -0.301. The Balaban J connectivity index is 2.20. The fourth-order valence-corrected chi connectivity index (χ4v) is 2.06. The lowest BCUT2D eigenvalue weighted by Crippen LogP contribution is -2.20. The summed E-state index contributed by atoms with van der Waals surface area (Å²) in [6.07, 6.45) is 1.38. The van der Waals surface area contributed by atoms with E-state index >= 15 is 0 Å². The van der Waals surface area contributed by atoms with Crippen LogP contribution in [0.1, 0.15) is 5.56 Å². The molecule has 0 spiro atoms. The summed E-state index contributed by atoms with van der Waals surface area (Å²) >= 11 is 0. The van der Waals surface area contributed by atoms with Crippen molar-refractivity contribution < 1.29 is 19.1 Å². The molecule has 0 bridgehead atoms. The molecule has 0 aliphatic rings. The summed E-state index contributed by atoms with van der Waals surface area (Å²) in [5.41, 5.74) is 5.96. The van der Waals surface area contributed by atoms with Crippen molar-refractivity contribution in [3.05, 3.63) is 59.7 Å². The van der Waals surface area contributed by atoms with Crippen molar-refractivity contribution in [3.63, 3.8) is 0 Å². The van der Waals surface area contributed by atoms with Gasteiger partial charge in [-0.15, -0.1) is 0 Å². The molecule has 0 aliphatic carbocycles. The normalized spacial score (nSPS) is 10.5. The van der Waals surface area contributed by atoms with Gasteiger partial charge in [0.25, 0.3) is 11.8 Å². The second-order valence-corrected chi connectivity index (χ2v) is 5.15. The number of primary amides is 1. The SMILES string of the molecule is COc1ccc(NC(=O)/C(C#N)=C/c2ccccc2OCC(N)=O)cc1. The second-order valence-electron chi connectivity index (χ2n) is 5.15. The van der Waals surface area contributed by atoms with Crippen LogP contribution < -0.4 is 20.5 Å². The number of amides is 2. The van der Waals surface area contributed by atoms with Gasteiger partial charge in [-0.05, 0) is 36.4 Å². The average Bonchev–Trinajstić information content (AvgIpc) is 2.65. The predicted octanol–water partition coefficient (Wildman–Crippen LogP) is 2.10. The molecule has 2 amide bonds. The van der Waals surface area contributed by atoms with Gasteiger partial charge in [0.1, 0.15) is 23.1 Å². The number of anilines is 1. The van der Waals surface area contributed by atoms with Crippen molar-refractivity contribution in [3.8, 4) is 17.6 Å². The molecule has 0 aromatic heterocycles. The number of carbonyl (C=O) groups excluding carboxylic acids is 2. The largest absolute Gasteiger partial charge is 0.497 e. The third-order valence-corrected chi connectivity index (χ3v) is 3.30. The fourth-order valence-electron chi connectivity index (χ4n) is 2.06. The Morgan fingerprint density at radius 2 is 1.88 bits per heavy atom. The van der Waals surface area contributed by atoms with Gasteiger partial charge in [-0.25, -0.2) is 0 Å². The zero-order chi connectivity index (χ0) is 18.9. The highest BCUT2D eigenvalue weighted by Crippen LogP contribution is 2.22. The predicted molar refractivity (Wildman–Crippen MR) is 96.3 cm³/mol. The van der Waals surface area contributed by atoms with Crippen LogP contribution >= 0.6 is 0 Å². The molecule has 0 unspecified atom stereocenters. The molecule has 0 saturated heterocycles. The van der Waals surface area contributed by atoms with Crippen LogP contribution in [0.15, 0.2) is 54.1 Å². The minimum atomic E-state index is -0.624. The summed E-state index contributed by atoms with van der Waals surface area (Å²) < 4.78 is 10.3. The molecular weight excluding hydrogens is 334 g/mol. The summed E-state index contributed by atoms with van der Waals surface area (Å²) in [6, 6.07) is 15.3. The maximum atomic E-state index is 12.3. The Morgan fingerprint density at radius 1 is 1.19 bits per heavy atom. The standard InChI is InChI=1S/C19H17N3O4/c1-25-16-8-6-15(7-9-16)22-19(24)14(11-20)10-13-4-2-3-5-17(13)26-12-18(21)23/h2-10H,12H2,1H3,(H2,21,23)(H,22,24)/b14-10+. The highest BCUT2D eigenvalue weighted by atomic mass is 16.5. The molecular formula is C19H17N3O4. The molecule has 2 rings (SSSR count). The zero-order valence-corrected chi connectivity index (χ0v) is 14.1. The lowest BCUT2D eigenvalue weighted by atomic mass is 10.1. The average molecular weight is 351 g/mol. The molecule has 2 aromatic rings. The first-order valence-electron chi connectivity index (χ1n) is 7.61. The molecule has 7 nitrogen and oxygen atoms in total. The lowest BCUT2D eigenvalue weighted by molar-refractivity contribution is -0.120. The first-order chi connectivity index (χ1) is 12.5. The smallest absolute Gasteiger partial charge is 0.266 e. The van der Waals surface area contributed by atoms with Crippen molar-refractivity contribution in [1.29, 1.82) is 5.26 Å². The molecule has 0 radical (unpaired) electrons. The number of nitrogens with one attached hydrogen (secondary N) is 1. The Hall–Kier alpha value is -3.79. The van der Waals surface area contributed by atoms with Gasteiger partial charge < -0.3 is 20.5 Å². The van der Waals surface area contributed by atoms with E-state index in [0.29, 0.717) is 22.7 Å². The van der Waals surface area contributed by atoms with Gasteiger partial charge in [0.2, 0.25) is 0 Å². The quantitative estimate of drug-likeness (QED) is 0.586. The maximum Gasteiger partial charge on any atom is 0.266 e. The Labute approximate surface area is 150 Å². The molecule has 132 valence electrons. The maximum absolute atomic E-state index is 12.3. The van der Waals surface area contributed by atoms with Crippen molar-refractivity contribution in [2.24, 2.45) is 5.73 Å². The van der Waals surface area contributed by atoms with Crippen LogP contribution in [-0.4, -0.2) is 25.5 Å². The Morgan fingerprint density at radius 3 is 2.50 bits per heavy atom. The number of nitrogens with zero attached hydrogens (tertiary/aromatic N) is 1. The number of rotatable bonds is 7. The van der Waals surface area contributed by atoms with Gasteiger partial charge in [0.15, 0.2) is 6.61 Å². The van der Waals surface area contributed by atoms with E-state index in [2.05, 4.69) is 5.32 Å². The van der Waals surface area contributed by atoms with Crippen molar-refractivity contribution in [2.45, 2.75) is 0 Å². The summed E-state index contributed by atoms with van der Waals surface area (Å²) in [5.74, 6) is -0.195. The van der Waals surface area contributed by atoms with Crippen LogP contribution in [0.2, 0.25) is 0 Å². The van der Waals surface area contributed by atoms with Gasteiger partial charge in [0, 0.05) is 11.3 Å². The molecule has 0 atom stereocenters. The van der Waals surface area contributed by atoms with Crippen LogP contribution in [0, 0.1) is 11.3 Å². The fraction of sp³-hybridized carbons (Fsp3) is 0.105. The topological polar surface area (TPSA) is 114 Å². The molecule has 2 aromatic carbocycles. The molecule has 0 heterocycles. The molecule has 0 saturated carbocycles. The molecule has 3 N–H and O–H groups in total. The van der Waals surface area contributed by atoms with Gasteiger partial charge in [-0.2, -0.15) is 5.26 Å². The van der Waals surface area contributed by atoms with Crippen LogP contribution in [0.3, 0.4) is 0 Å². The van der Waals surface area contributed by atoms with Gasteiger partial charge in [0.05, 0.1) is 7.11 Å².